The number of aromatic nitrogens is 6. The van der Waals surface area contributed by atoms with E-state index in [0.29, 0.717) is 76.1 Å². The average Bonchev–Trinajstić information content (AvgIpc) is 4.24. The van der Waals surface area contributed by atoms with Gasteiger partial charge >= 0.3 is 6.03 Å². The van der Waals surface area contributed by atoms with Crippen LogP contribution in [0.3, 0.4) is 0 Å². The second kappa shape index (κ2) is 27.2. The first kappa shape index (κ1) is 55.3. The standard InChI is InChI=1S/C51H78N16O7/c1-33(52-3)45(68)57-39-20-10-8-18-37-22-24-42(66(37)49(39)72)47(70)56-30-36-31-64(62-60-36)28-14-12-26-54-51(74)55-27-13-15-29-65-32-41(61-63-65)44(35-16-6-5-7-17-35)59-48(71)43-25-23-38-19-9-11-21-40(50(73)67(38)43)58-46(69)34(2)53-4/h5-7,16-17,31-34,37-40,42-44,52-53H,8-15,18-30H2,1-4H3,(H,56,70)(H,57,68)(H,58,69)(H,59,71)(H2,54,55,74)/t33-,34-,37-,38-,39-,40-,42-,43-,44-/m0/s1. The molecule has 0 spiro atoms. The second-order valence-electron chi connectivity index (χ2n) is 20.2. The minimum Gasteiger partial charge on any atom is -0.349 e. The van der Waals surface area contributed by atoms with Crippen molar-refractivity contribution in [1.82, 2.24) is 82.3 Å². The Kier molecular flexibility index (Phi) is 20.3. The molecule has 1 aromatic carbocycles. The molecule has 3 aromatic rings. The third-order valence-corrected chi connectivity index (χ3v) is 15.1. The summed E-state index contributed by atoms with van der Waals surface area (Å²) in [6, 6.07) is 5.08. The van der Waals surface area contributed by atoms with Crippen molar-refractivity contribution in [3.63, 3.8) is 0 Å². The number of hydrogen-bond donors (Lipinski definition) is 8. The van der Waals surface area contributed by atoms with Gasteiger partial charge in [-0.1, -0.05) is 66.4 Å². The van der Waals surface area contributed by atoms with Crippen molar-refractivity contribution in [1.29, 1.82) is 0 Å². The molecule has 9 atom stereocenters. The van der Waals surface area contributed by atoms with E-state index in [4.69, 9.17) is 0 Å². The number of nitrogens with one attached hydrogen (secondary N) is 8. The number of nitrogens with zero attached hydrogens (tertiary/aromatic N) is 8. The molecule has 404 valence electrons. The maximum Gasteiger partial charge on any atom is 0.314 e. The predicted octanol–water partition coefficient (Wildman–Crippen LogP) is 1.30. The summed E-state index contributed by atoms with van der Waals surface area (Å²) >= 11 is 0. The van der Waals surface area contributed by atoms with Gasteiger partial charge in [0.1, 0.15) is 35.6 Å². The van der Waals surface area contributed by atoms with Crippen LogP contribution in [0.2, 0.25) is 0 Å². The topological polar surface area (TPSA) is 284 Å². The molecular weight excluding hydrogens is 949 g/mol. The molecule has 4 saturated heterocycles. The van der Waals surface area contributed by atoms with E-state index in [0.717, 1.165) is 69.8 Å². The quantitative estimate of drug-likeness (QED) is 0.0623. The van der Waals surface area contributed by atoms with Gasteiger partial charge in [-0.25, -0.2) is 4.79 Å². The maximum atomic E-state index is 14.2. The Labute approximate surface area is 433 Å². The van der Waals surface area contributed by atoms with Crippen LogP contribution in [0.4, 0.5) is 4.79 Å². The summed E-state index contributed by atoms with van der Waals surface area (Å²) in [7, 11) is 3.39. The zero-order chi connectivity index (χ0) is 52.6. The third kappa shape index (κ3) is 14.6. The van der Waals surface area contributed by atoms with E-state index in [1.54, 1.807) is 53.3 Å². The first-order valence-electron chi connectivity index (χ1n) is 26.9. The first-order chi connectivity index (χ1) is 35.8. The smallest absolute Gasteiger partial charge is 0.314 e. The van der Waals surface area contributed by atoms with E-state index in [1.165, 1.54) is 0 Å². The van der Waals surface area contributed by atoms with Gasteiger partial charge in [-0.3, -0.25) is 38.1 Å². The number of aryl methyl sites for hydroxylation is 2. The molecule has 74 heavy (non-hydrogen) atoms. The highest BCUT2D eigenvalue weighted by molar-refractivity contribution is 5.95. The normalized spacial score (nSPS) is 23.2. The highest BCUT2D eigenvalue weighted by atomic mass is 16.2. The number of hydrogen-bond acceptors (Lipinski definition) is 13. The number of fused-ring (bicyclic) bond motifs is 2. The summed E-state index contributed by atoms with van der Waals surface area (Å²) in [6.07, 6.45) is 15.3. The summed E-state index contributed by atoms with van der Waals surface area (Å²) in [5.74, 6) is -1.40. The van der Waals surface area contributed by atoms with Crippen LogP contribution >= 0.6 is 0 Å². The molecule has 4 aliphatic heterocycles. The molecule has 4 aliphatic rings. The number of rotatable bonds is 23. The number of benzene rings is 1. The van der Waals surface area contributed by atoms with Crippen molar-refractivity contribution in [2.45, 2.75) is 191 Å². The highest BCUT2D eigenvalue weighted by Gasteiger charge is 2.46. The molecule has 0 radical (unpaired) electrons. The summed E-state index contributed by atoms with van der Waals surface area (Å²) in [5, 5.41) is 40.9. The Morgan fingerprint density at radius 1 is 0.608 bits per heavy atom. The fourth-order valence-electron chi connectivity index (χ4n) is 10.6. The average molecular weight is 1030 g/mol. The summed E-state index contributed by atoms with van der Waals surface area (Å²) in [4.78, 5) is 96.8. The second-order valence-corrected chi connectivity index (χ2v) is 20.2. The zero-order valence-corrected chi connectivity index (χ0v) is 43.5. The number of carbonyl (C=O) groups excluding carboxylic acids is 7. The SMILES string of the molecule is CN[C@@H](C)C(=O)N[C@H]1CCCC[C@H]2CC[C@@H](C(=O)NCc3cn(CCCCNC(=O)NCCCCn4cc([C@@H](NC(=O)[C@@H]5CC[C@@H]6CCCC[C@H](NC(=O)[C@H](C)NC)C(=O)N65)c5ccccc5)nn4)nn3)N2C1=O. The lowest BCUT2D eigenvalue weighted by Crippen LogP contribution is -2.58. The third-order valence-electron chi connectivity index (χ3n) is 15.1. The fourth-order valence-corrected chi connectivity index (χ4v) is 10.6. The molecule has 7 rings (SSSR count). The van der Waals surface area contributed by atoms with Gasteiger partial charge in [0.05, 0.1) is 37.1 Å². The summed E-state index contributed by atoms with van der Waals surface area (Å²) < 4.78 is 3.44. The minimum absolute atomic E-state index is 0.0255. The van der Waals surface area contributed by atoms with Gasteiger partial charge in [-0.05, 0) is 111 Å². The fraction of sp³-hybridized carbons (Fsp3) is 0.667. The van der Waals surface area contributed by atoms with Gasteiger partial charge in [0.15, 0.2) is 0 Å². The van der Waals surface area contributed by atoms with E-state index >= 15 is 0 Å². The molecule has 23 heteroatoms. The van der Waals surface area contributed by atoms with E-state index in [2.05, 4.69) is 63.2 Å². The Balaban J connectivity index is 0.792. The first-order valence-corrected chi connectivity index (χ1v) is 26.9. The van der Waals surface area contributed by atoms with E-state index < -0.39 is 42.3 Å². The van der Waals surface area contributed by atoms with Crippen molar-refractivity contribution < 1.29 is 33.6 Å². The van der Waals surface area contributed by atoms with Crippen molar-refractivity contribution in [2.75, 3.05) is 27.2 Å². The van der Waals surface area contributed by atoms with Crippen LogP contribution in [0.1, 0.15) is 140 Å². The molecule has 0 unspecified atom stereocenters. The number of unbranched alkanes of at least 4 members (excludes halogenated alkanes) is 2. The maximum absolute atomic E-state index is 14.2. The highest BCUT2D eigenvalue weighted by Crippen LogP contribution is 2.34. The molecule has 6 heterocycles. The molecule has 8 N–H and O–H groups in total. The van der Waals surface area contributed by atoms with Crippen molar-refractivity contribution in [3.05, 3.63) is 59.7 Å². The van der Waals surface area contributed by atoms with E-state index in [9.17, 15) is 33.6 Å². The van der Waals surface area contributed by atoms with Crippen LogP contribution in [0.5, 0.6) is 0 Å². The molecule has 0 saturated carbocycles. The predicted molar refractivity (Wildman–Crippen MR) is 273 cm³/mol. The van der Waals surface area contributed by atoms with E-state index in [1.807, 2.05) is 36.5 Å². The Hall–Kier alpha value is -6.49. The molecule has 0 bridgehead atoms. The van der Waals surface area contributed by atoms with Crippen LogP contribution in [-0.2, 0) is 48.4 Å². The number of urea groups is 1. The lowest BCUT2D eigenvalue weighted by atomic mass is 9.98. The van der Waals surface area contributed by atoms with Crippen molar-refractivity contribution in [3.8, 4) is 0 Å². The van der Waals surface area contributed by atoms with Crippen LogP contribution in [0.15, 0.2) is 42.7 Å². The molecular formula is C51H78N16O7. The number of carbonyl (C=O) groups is 7. The van der Waals surface area contributed by atoms with Crippen LogP contribution < -0.4 is 42.5 Å². The van der Waals surface area contributed by atoms with Gasteiger partial charge in [-0.15, -0.1) is 10.2 Å². The Morgan fingerprint density at radius 2 is 1.12 bits per heavy atom. The molecule has 8 amide bonds. The van der Waals surface area contributed by atoms with Gasteiger partial charge in [-0.2, -0.15) is 0 Å². The van der Waals surface area contributed by atoms with E-state index in [-0.39, 0.29) is 60.1 Å². The minimum atomic E-state index is -0.692. The van der Waals surface area contributed by atoms with Crippen LogP contribution in [-0.4, -0.2) is 157 Å². The molecule has 4 fully saturated rings. The zero-order valence-electron chi connectivity index (χ0n) is 43.5. The molecule has 0 aliphatic carbocycles. The van der Waals surface area contributed by atoms with Crippen molar-refractivity contribution >= 4 is 41.5 Å². The van der Waals surface area contributed by atoms with Gasteiger partial charge in [0.25, 0.3) is 0 Å². The van der Waals surface area contributed by atoms with Gasteiger partial charge in [0, 0.05) is 38.3 Å². The monoisotopic (exact) mass is 1030 g/mol. The summed E-state index contributed by atoms with van der Waals surface area (Å²) in [6.45, 7) is 5.74. The number of likely N-dealkylation sites (N-methyl/N-ethyl adjacent to an activating group) is 2. The molecule has 23 nitrogen and oxygen atoms in total. The largest absolute Gasteiger partial charge is 0.349 e. The van der Waals surface area contributed by atoms with Crippen LogP contribution in [0, 0.1) is 0 Å². The van der Waals surface area contributed by atoms with Crippen molar-refractivity contribution in [2.24, 2.45) is 0 Å². The van der Waals surface area contributed by atoms with Gasteiger partial charge < -0.3 is 52.3 Å². The number of amides is 8. The summed E-state index contributed by atoms with van der Waals surface area (Å²) in [5.41, 5.74) is 1.99. The lowest BCUT2D eigenvalue weighted by molar-refractivity contribution is -0.144. The Bertz CT molecular complexity index is 2360. The lowest BCUT2D eigenvalue weighted by Gasteiger charge is -2.36. The Morgan fingerprint density at radius 3 is 1.68 bits per heavy atom. The van der Waals surface area contributed by atoms with Gasteiger partial charge in [0.2, 0.25) is 35.4 Å². The van der Waals surface area contributed by atoms with Crippen LogP contribution in [0.25, 0.3) is 0 Å². The molecule has 2 aromatic heterocycles.